The van der Waals surface area contributed by atoms with Crippen molar-refractivity contribution in [2.45, 2.75) is 18.2 Å². The first-order valence-corrected chi connectivity index (χ1v) is 11.9. The van der Waals surface area contributed by atoms with Crippen molar-refractivity contribution >= 4 is 63.1 Å². The Morgan fingerprint density at radius 1 is 1.22 bits per heavy atom. The summed E-state index contributed by atoms with van der Waals surface area (Å²) in [6.45, 7) is 0.418. The Bertz CT molecular complexity index is 1130. The number of thioether (sulfide) groups is 1. The minimum atomic E-state index is -0.599. The molecule has 1 fully saturated rings. The number of benzene rings is 2. The molecule has 2 aromatic carbocycles. The van der Waals surface area contributed by atoms with Gasteiger partial charge in [0.05, 0.1) is 19.3 Å². The van der Waals surface area contributed by atoms with Crippen LogP contribution in [0.25, 0.3) is 0 Å². The molecule has 0 spiro atoms. The number of ether oxygens (including phenoxy) is 1. The van der Waals surface area contributed by atoms with E-state index in [1.165, 1.54) is 11.8 Å². The second kappa shape index (κ2) is 10.2. The van der Waals surface area contributed by atoms with Crippen LogP contribution in [0.3, 0.4) is 0 Å². The summed E-state index contributed by atoms with van der Waals surface area (Å²) < 4.78 is 5.20. The van der Waals surface area contributed by atoms with Crippen LogP contribution in [0.4, 0.5) is 11.4 Å². The Labute approximate surface area is 199 Å². The maximum atomic E-state index is 13.1. The molecule has 1 N–H and O–H groups in total. The van der Waals surface area contributed by atoms with Gasteiger partial charge in [0.2, 0.25) is 11.8 Å². The van der Waals surface area contributed by atoms with E-state index in [-0.39, 0.29) is 18.2 Å². The third-order valence-corrected chi connectivity index (χ3v) is 7.00. The smallest absolute Gasteiger partial charge is 0.238 e. The first-order chi connectivity index (χ1) is 15.5. The second-order valence-corrected chi connectivity index (χ2v) is 9.60. The topological polar surface area (TPSA) is 71.0 Å². The van der Waals surface area contributed by atoms with E-state index >= 15 is 0 Å². The van der Waals surface area contributed by atoms with Crippen LogP contribution in [-0.2, 0) is 16.1 Å². The summed E-state index contributed by atoms with van der Waals surface area (Å²) in [5.74, 6) is 0.315. The lowest BCUT2D eigenvalue weighted by atomic mass is 10.2. The van der Waals surface area contributed by atoms with Crippen LogP contribution in [0, 0.1) is 0 Å². The Morgan fingerprint density at radius 3 is 2.72 bits per heavy atom. The second-order valence-electron chi connectivity index (χ2n) is 6.96. The normalized spacial score (nSPS) is 17.4. The summed E-state index contributed by atoms with van der Waals surface area (Å²) in [6, 6.07) is 18.1. The van der Waals surface area contributed by atoms with E-state index in [9.17, 15) is 9.59 Å². The maximum absolute atomic E-state index is 13.1. The number of hydrogen-bond acceptors (Lipinski definition) is 6. The lowest BCUT2D eigenvalue weighted by Gasteiger charge is -2.31. The lowest BCUT2D eigenvalue weighted by molar-refractivity contribution is -0.129. The van der Waals surface area contributed by atoms with Gasteiger partial charge < -0.3 is 10.1 Å². The molecule has 1 saturated heterocycles. The highest BCUT2D eigenvalue weighted by Crippen LogP contribution is 2.32. The monoisotopic (exact) mass is 485 g/mol. The van der Waals surface area contributed by atoms with Gasteiger partial charge in [0, 0.05) is 22.0 Å². The first kappa shape index (κ1) is 22.4. The van der Waals surface area contributed by atoms with Crippen molar-refractivity contribution in [1.82, 2.24) is 4.90 Å². The highest BCUT2D eigenvalue weighted by atomic mass is 35.5. The fraction of sp³-hybridized carbons (Fsp3) is 0.174. The number of anilines is 1. The minimum Gasteiger partial charge on any atom is -0.497 e. The standard InChI is InChI=1S/C23H20ClN3O3S2/c1-30-18-9-7-16(8-10-18)26-23-27(14-19-6-3-11-31-19)21(28)13-20(32-23)22(29)25-17-5-2-4-15(24)12-17/h2-12,20H,13-14H2,1H3,(H,25,29). The van der Waals surface area contributed by atoms with Gasteiger partial charge >= 0.3 is 0 Å². The number of amidine groups is 1. The number of carbonyl (C=O) groups is 2. The predicted molar refractivity (Wildman–Crippen MR) is 131 cm³/mol. The molecule has 32 heavy (non-hydrogen) atoms. The zero-order chi connectivity index (χ0) is 22.5. The Hall–Kier alpha value is -2.81. The van der Waals surface area contributed by atoms with Crippen molar-refractivity contribution in [3.63, 3.8) is 0 Å². The van der Waals surface area contributed by atoms with Gasteiger partial charge in [-0.2, -0.15) is 0 Å². The number of aliphatic imine (C=N–C) groups is 1. The molecule has 0 aliphatic carbocycles. The third-order valence-electron chi connectivity index (χ3n) is 4.72. The molecule has 1 aliphatic rings. The molecule has 1 aliphatic heterocycles. The molecule has 2 amide bonds. The molecule has 9 heteroatoms. The van der Waals surface area contributed by atoms with Gasteiger partial charge in [0.25, 0.3) is 0 Å². The molecular weight excluding hydrogens is 466 g/mol. The van der Waals surface area contributed by atoms with Gasteiger partial charge in [-0.25, -0.2) is 4.99 Å². The fourth-order valence-corrected chi connectivity index (χ4v) is 5.09. The third kappa shape index (κ3) is 5.51. The van der Waals surface area contributed by atoms with Gasteiger partial charge in [0.1, 0.15) is 11.0 Å². The molecule has 6 nitrogen and oxygen atoms in total. The highest BCUT2D eigenvalue weighted by Gasteiger charge is 2.36. The van der Waals surface area contributed by atoms with Crippen molar-refractivity contribution in [3.8, 4) is 5.75 Å². The Morgan fingerprint density at radius 2 is 2.03 bits per heavy atom. The molecule has 0 saturated carbocycles. The lowest BCUT2D eigenvalue weighted by Crippen LogP contribution is -2.44. The van der Waals surface area contributed by atoms with E-state index in [2.05, 4.69) is 5.32 Å². The average Bonchev–Trinajstić information content (AvgIpc) is 3.30. The van der Waals surface area contributed by atoms with Crippen molar-refractivity contribution < 1.29 is 14.3 Å². The Kier molecular flexibility index (Phi) is 7.14. The molecule has 1 aromatic heterocycles. The number of nitrogens with one attached hydrogen (secondary N) is 1. The van der Waals surface area contributed by atoms with Crippen molar-refractivity contribution in [1.29, 1.82) is 0 Å². The molecule has 4 rings (SSSR count). The molecule has 3 aromatic rings. The molecule has 0 radical (unpaired) electrons. The van der Waals surface area contributed by atoms with Crippen LogP contribution in [0.2, 0.25) is 5.02 Å². The van der Waals surface area contributed by atoms with Crippen LogP contribution >= 0.6 is 34.7 Å². The Balaban J connectivity index is 1.58. The molecule has 1 atom stereocenters. The van der Waals surface area contributed by atoms with Crippen LogP contribution < -0.4 is 10.1 Å². The number of rotatable bonds is 6. The molecule has 0 bridgehead atoms. The van der Waals surface area contributed by atoms with Crippen molar-refractivity contribution in [2.24, 2.45) is 4.99 Å². The summed E-state index contributed by atoms with van der Waals surface area (Å²) in [7, 11) is 1.60. The van der Waals surface area contributed by atoms with Gasteiger partial charge in [-0.1, -0.05) is 35.5 Å². The van der Waals surface area contributed by atoms with Crippen LogP contribution in [0.1, 0.15) is 11.3 Å². The van der Waals surface area contributed by atoms with Crippen molar-refractivity contribution in [2.75, 3.05) is 12.4 Å². The number of amides is 2. The number of carbonyl (C=O) groups excluding carboxylic acids is 2. The van der Waals surface area contributed by atoms with E-state index < -0.39 is 5.25 Å². The summed E-state index contributed by atoms with van der Waals surface area (Å²) in [5.41, 5.74) is 1.26. The maximum Gasteiger partial charge on any atom is 0.238 e. The van der Waals surface area contributed by atoms with Gasteiger partial charge in [-0.15, -0.1) is 11.3 Å². The van der Waals surface area contributed by atoms with E-state index in [0.717, 1.165) is 10.6 Å². The van der Waals surface area contributed by atoms with Crippen LogP contribution in [0.5, 0.6) is 5.75 Å². The summed E-state index contributed by atoms with van der Waals surface area (Å²) in [6.07, 6.45) is 0.0874. The molecule has 164 valence electrons. The number of nitrogens with zero attached hydrogens (tertiary/aromatic N) is 2. The average molecular weight is 486 g/mol. The van der Waals surface area contributed by atoms with Crippen LogP contribution in [0.15, 0.2) is 71.0 Å². The first-order valence-electron chi connectivity index (χ1n) is 9.80. The molecular formula is C23H20ClN3O3S2. The van der Waals surface area contributed by atoms with Crippen LogP contribution in [-0.4, -0.2) is 34.2 Å². The van der Waals surface area contributed by atoms with E-state index in [0.29, 0.717) is 28.1 Å². The number of hydrogen-bond donors (Lipinski definition) is 1. The number of halogens is 1. The zero-order valence-corrected chi connectivity index (χ0v) is 19.5. The van der Waals surface area contributed by atoms with Crippen molar-refractivity contribution in [3.05, 3.63) is 75.9 Å². The predicted octanol–water partition coefficient (Wildman–Crippen LogP) is 5.57. The summed E-state index contributed by atoms with van der Waals surface area (Å²) >= 11 is 8.88. The fourth-order valence-electron chi connectivity index (χ4n) is 3.11. The number of thiophene rings is 1. The summed E-state index contributed by atoms with van der Waals surface area (Å²) in [4.78, 5) is 33.4. The highest BCUT2D eigenvalue weighted by molar-refractivity contribution is 8.15. The zero-order valence-electron chi connectivity index (χ0n) is 17.2. The summed E-state index contributed by atoms with van der Waals surface area (Å²) in [5, 5.41) is 5.24. The number of methoxy groups -OCH3 is 1. The van der Waals surface area contributed by atoms with Gasteiger partial charge in [0.15, 0.2) is 5.17 Å². The van der Waals surface area contributed by atoms with E-state index in [4.69, 9.17) is 21.3 Å². The molecule has 1 unspecified atom stereocenters. The minimum absolute atomic E-state index is 0.0874. The van der Waals surface area contributed by atoms with Gasteiger partial charge in [-0.3, -0.25) is 14.5 Å². The SMILES string of the molecule is COc1ccc(N=C2SC(C(=O)Nc3cccc(Cl)c3)CC(=O)N2Cc2cccs2)cc1. The molecule has 2 heterocycles. The van der Waals surface area contributed by atoms with E-state index in [1.54, 1.807) is 47.6 Å². The largest absolute Gasteiger partial charge is 0.497 e. The quantitative estimate of drug-likeness (QED) is 0.495. The van der Waals surface area contributed by atoms with E-state index in [1.807, 2.05) is 41.8 Å². The van der Waals surface area contributed by atoms with Gasteiger partial charge in [-0.05, 0) is 53.9 Å².